The molecule has 0 saturated heterocycles. The zero-order chi connectivity index (χ0) is 19.8. The Hall–Kier alpha value is -2.02. The number of nitrogens with one attached hydrogen (secondary N) is 1. The maximum absolute atomic E-state index is 7.27. The van der Waals surface area contributed by atoms with Crippen molar-refractivity contribution in [1.29, 1.82) is 5.41 Å². The number of rotatable bonds is 11. The molecule has 6 nitrogen and oxygen atoms in total. The Bertz CT molecular complexity index is 700. The van der Waals surface area contributed by atoms with Gasteiger partial charge < -0.3 is 25.8 Å². The highest BCUT2D eigenvalue weighted by Crippen LogP contribution is 2.33. The van der Waals surface area contributed by atoms with E-state index in [1.165, 1.54) is 12.8 Å². The number of nitrogens with two attached hydrogens (primary N) is 2. The van der Waals surface area contributed by atoms with Crippen LogP contribution in [-0.4, -0.2) is 37.8 Å². The molecule has 1 aromatic rings. The molecule has 0 atom stereocenters. The van der Waals surface area contributed by atoms with E-state index in [4.69, 9.17) is 33.3 Å². The average molecular weight is 392 g/mol. The lowest BCUT2D eigenvalue weighted by atomic mass is 10.2. The number of halogens is 1. The van der Waals surface area contributed by atoms with E-state index >= 15 is 0 Å². The summed E-state index contributed by atoms with van der Waals surface area (Å²) >= 11 is 5.99. The normalized spacial score (nSPS) is 15.1. The molecule has 5 N–H and O–H groups in total. The van der Waals surface area contributed by atoms with Gasteiger partial charge in [-0.05, 0) is 57.0 Å². The summed E-state index contributed by atoms with van der Waals surface area (Å²) in [6.07, 6.45) is 8.02. The SMILES string of the molecule is CCCN(C)CC(=C\Oc1ccc(N(N)CC2CC2)c(N)c1)/C=C(/Cl)C=N. The van der Waals surface area contributed by atoms with Crippen LogP contribution in [0.5, 0.6) is 5.75 Å². The van der Waals surface area contributed by atoms with Crippen LogP contribution < -0.4 is 21.3 Å². The highest BCUT2D eigenvalue weighted by Gasteiger charge is 2.24. The lowest BCUT2D eigenvalue weighted by Gasteiger charge is -2.20. The number of hydrogen-bond donors (Lipinski definition) is 3. The Morgan fingerprint density at radius 3 is 2.74 bits per heavy atom. The molecule has 0 aromatic heterocycles. The smallest absolute Gasteiger partial charge is 0.128 e. The van der Waals surface area contributed by atoms with Crippen LogP contribution in [0.25, 0.3) is 0 Å². The van der Waals surface area contributed by atoms with Crippen molar-refractivity contribution in [3.05, 3.63) is 41.1 Å². The molecule has 1 aliphatic rings. The topological polar surface area (TPSA) is 91.6 Å². The van der Waals surface area contributed by atoms with Gasteiger partial charge in [-0.25, -0.2) is 5.84 Å². The molecule has 148 valence electrons. The Morgan fingerprint density at radius 2 is 2.15 bits per heavy atom. The average Bonchev–Trinajstić information content (AvgIpc) is 3.43. The van der Waals surface area contributed by atoms with Crippen LogP contribution in [0.3, 0.4) is 0 Å². The van der Waals surface area contributed by atoms with Crippen LogP contribution in [0.4, 0.5) is 11.4 Å². The molecule has 2 rings (SSSR count). The third-order valence-corrected chi connectivity index (χ3v) is 4.54. The van der Waals surface area contributed by atoms with Gasteiger partial charge in [-0.2, -0.15) is 0 Å². The predicted octanol–water partition coefficient (Wildman–Crippen LogP) is 3.74. The van der Waals surface area contributed by atoms with Gasteiger partial charge >= 0.3 is 0 Å². The number of benzene rings is 1. The molecule has 1 fully saturated rings. The second kappa shape index (κ2) is 10.3. The first-order valence-corrected chi connectivity index (χ1v) is 9.64. The quantitative estimate of drug-likeness (QED) is 0.133. The first-order valence-electron chi connectivity index (χ1n) is 9.26. The maximum Gasteiger partial charge on any atom is 0.128 e. The van der Waals surface area contributed by atoms with Crippen molar-refractivity contribution < 1.29 is 4.74 Å². The molecule has 1 aliphatic carbocycles. The lowest BCUT2D eigenvalue weighted by molar-refractivity contribution is 0.359. The van der Waals surface area contributed by atoms with Crippen LogP contribution in [-0.2, 0) is 0 Å². The largest absolute Gasteiger partial charge is 0.465 e. The molecule has 0 heterocycles. The number of allylic oxidation sites excluding steroid dienone is 1. The van der Waals surface area contributed by atoms with Gasteiger partial charge in [-0.1, -0.05) is 18.5 Å². The molecule has 1 saturated carbocycles. The minimum atomic E-state index is 0.350. The van der Waals surface area contributed by atoms with Crippen molar-refractivity contribution in [3.63, 3.8) is 0 Å². The van der Waals surface area contributed by atoms with Crippen molar-refractivity contribution in [2.24, 2.45) is 11.8 Å². The molecular weight excluding hydrogens is 362 g/mol. The number of hydrazine groups is 1. The number of ether oxygens (including phenoxy) is 1. The summed E-state index contributed by atoms with van der Waals surface area (Å²) in [5.74, 6) is 7.43. The zero-order valence-corrected chi connectivity index (χ0v) is 16.9. The van der Waals surface area contributed by atoms with Crippen molar-refractivity contribution in [2.75, 3.05) is 37.4 Å². The van der Waals surface area contributed by atoms with Gasteiger partial charge in [0, 0.05) is 30.9 Å². The molecule has 27 heavy (non-hydrogen) atoms. The molecule has 0 amide bonds. The third-order valence-electron chi connectivity index (χ3n) is 4.33. The van der Waals surface area contributed by atoms with Crippen LogP contribution in [0.15, 0.2) is 41.1 Å². The number of hydrogen-bond acceptors (Lipinski definition) is 6. The summed E-state index contributed by atoms with van der Waals surface area (Å²) in [6, 6.07) is 5.50. The number of nitrogen functional groups attached to an aromatic ring is 1. The fraction of sp³-hybridized carbons (Fsp3) is 0.450. The van der Waals surface area contributed by atoms with Crippen molar-refractivity contribution in [3.8, 4) is 5.75 Å². The second-order valence-corrected chi connectivity index (χ2v) is 7.47. The molecule has 0 spiro atoms. The highest BCUT2D eigenvalue weighted by molar-refractivity contribution is 6.39. The maximum atomic E-state index is 7.27. The lowest BCUT2D eigenvalue weighted by Crippen LogP contribution is -2.33. The minimum Gasteiger partial charge on any atom is -0.465 e. The Kier molecular flexibility index (Phi) is 8.16. The van der Waals surface area contributed by atoms with Gasteiger partial charge in [-0.3, -0.25) is 0 Å². The van der Waals surface area contributed by atoms with E-state index in [2.05, 4.69) is 11.8 Å². The van der Waals surface area contributed by atoms with Crippen molar-refractivity contribution in [2.45, 2.75) is 26.2 Å². The van der Waals surface area contributed by atoms with Crippen LogP contribution in [0.2, 0.25) is 0 Å². The van der Waals surface area contributed by atoms with Gasteiger partial charge in [0.1, 0.15) is 5.75 Å². The fourth-order valence-electron chi connectivity index (χ4n) is 2.80. The number of likely N-dealkylation sites (N-methyl/N-ethyl adjacent to an activating group) is 1. The first-order chi connectivity index (χ1) is 12.9. The number of anilines is 2. The summed E-state index contributed by atoms with van der Waals surface area (Å²) in [6.45, 7) is 4.59. The molecule has 0 unspecified atom stereocenters. The van der Waals surface area contributed by atoms with E-state index in [9.17, 15) is 0 Å². The Labute approximate surface area is 166 Å². The molecule has 0 radical (unpaired) electrons. The summed E-state index contributed by atoms with van der Waals surface area (Å²) in [5.41, 5.74) is 8.42. The molecular formula is C20H30ClN5O. The summed E-state index contributed by atoms with van der Waals surface area (Å²) < 4.78 is 5.80. The third kappa shape index (κ3) is 7.25. The van der Waals surface area contributed by atoms with E-state index in [1.54, 1.807) is 23.4 Å². The summed E-state index contributed by atoms with van der Waals surface area (Å²) in [5, 5.41) is 9.33. The van der Waals surface area contributed by atoms with Gasteiger partial charge in [0.25, 0.3) is 0 Å². The molecule has 0 aliphatic heterocycles. The van der Waals surface area contributed by atoms with E-state index < -0.39 is 0 Å². The van der Waals surface area contributed by atoms with Crippen molar-refractivity contribution in [1.82, 2.24) is 4.90 Å². The molecule has 1 aromatic carbocycles. The van der Waals surface area contributed by atoms with Crippen LogP contribution in [0.1, 0.15) is 26.2 Å². The van der Waals surface area contributed by atoms with Gasteiger partial charge in [0.05, 0.1) is 22.7 Å². The van der Waals surface area contributed by atoms with Gasteiger partial charge in [-0.15, -0.1) is 0 Å². The first kappa shape index (κ1) is 21.3. The van der Waals surface area contributed by atoms with Gasteiger partial charge in [0.15, 0.2) is 0 Å². The van der Waals surface area contributed by atoms with E-state index in [0.717, 1.165) is 37.0 Å². The predicted molar refractivity (Wildman–Crippen MR) is 114 cm³/mol. The van der Waals surface area contributed by atoms with E-state index in [0.29, 0.717) is 28.9 Å². The standard InChI is InChI=1S/C20H30ClN5O/c1-3-8-25(2)12-16(9-17(21)11-22)14-27-18-6-7-20(19(23)10-18)26(24)13-15-4-5-15/h6-7,9-11,14-15,22H,3-5,8,12-13,23-24H2,1-2H3/b16-14-,17-9+,22-11?. The monoisotopic (exact) mass is 391 g/mol. The Morgan fingerprint density at radius 1 is 1.41 bits per heavy atom. The van der Waals surface area contributed by atoms with E-state index in [-0.39, 0.29) is 0 Å². The molecule has 0 bridgehead atoms. The van der Waals surface area contributed by atoms with Crippen LogP contribution in [0, 0.1) is 11.3 Å². The number of nitrogens with zero attached hydrogens (tertiary/aromatic N) is 2. The molecule has 7 heteroatoms. The fourth-order valence-corrected chi connectivity index (χ4v) is 2.94. The van der Waals surface area contributed by atoms with Crippen molar-refractivity contribution >= 4 is 29.2 Å². The van der Waals surface area contributed by atoms with E-state index in [1.807, 2.05) is 19.2 Å². The summed E-state index contributed by atoms with van der Waals surface area (Å²) in [4.78, 5) is 2.17. The van der Waals surface area contributed by atoms with Crippen LogP contribution >= 0.6 is 11.6 Å². The highest BCUT2D eigenvalue weighted by atomic mass is 35.5. The zero-order valence-electron chi connectivity index (χ0n) is 16.1. The Balaban J connectivity index is 2.08. The van der Waals surface area contributed by atoms with Gasteiger partial charge in [0.2, 0.25) is 0 Å². The summed E-state index contributed by atoms with van der Waals surface area (Å²) in [7, 11) is 2.03. The second-order valence-electron chi connectivity index (χ2n) is 7.04. The minimum absolute atomic E-state index is 0.350.